The lowest BCUT2D eigenvalue weighted by atomic mass is 10.1. The summed E-state index contributed by atoms with van der Waals surface area (Å²) in [4.78, 5) is 39.5. The third kappa shape index (κ3) is 5.51. The zero-order valence-electron chi connectivity index (χ0n) is 18.1. The number of methoxy groups -OCH3 is 1. The van der Waals surface area contributed by atoms with Gasteiger partial charge in [-0.3, -0.25) is 14.5 Å². The number of hydrogen-bond acceptors (Lipinski definition) is 6. The first-order valence-corrected chi connectivity index (χ1v) is 11.7. The average molecular weight is 532 g/mol. The molecule has 0 radical (unpaired) electrons. The Labute approximate surface area is 214 Å². The molecular weight excluding hydrogens is 516 g/mol. The highest BCUT2D eigenvalue weighted by Crippen LogP contribution is 2.38. The minimum Gasteiger partial charge on any atom is -0.493 e. The van der Waals surface area contributed by atoms with Gasteiger partial charge < -0.3 is 9.47 Å². The molecule has 35 heavy (non-hydrogen) atoms. The van der Waals surface area contributed by atoms with E-state index in [1.54, 1.807) is 18.2 Å². The molecule has 0 saturated carbocycles. The first kappa shape index (κ1) is 24.8. The fourth-order valence-corrected chi connectivity index (χ4v) is 4.58. The van der Waals surface area contributed by atoms with E-state index in [2.05, 4.69) is 0 Å². The smallest absolute Gasteiger partial charge is 0.345 e. The Hall–Kier alpha value is -3.33. The van der Waals surface area contributed by atoms with Crippen molar-refractivity contribution in [1.82, 2.24) is 4.90 Å². The van der Waals surface area contributed by atoms with Crippen molar-refractivity contribution in [3.05, 3.63) is 98.1 Å². The van der Waals surface area contributed by atoms with E-state index in [9.17, 15) is 18.8 Å². The molecule has 0 bridgehead atoms. The summed E-state index contributed by atoms with van der Waals surface area (Å²) in [5.41, 5.74) is 1.04. The Bertz CT molecular complexity index is 1360. The van der Waals surface area contributed by atoms with Crippen molar-refractivity contribution in [3.8, 4) is 11.5 Å². The molecule has 0 aliphatic carbocycles. The monoisotopic (exact) mass is 531 g/mol. The highest BCUT2D eigenvalue weighted by Gasteiger charge is 2.35. The lowest BCUT2D eigenvalue weighted by Crippen LogP contribution is -2.27. The molecule has 0 N–H and O–H groups in total. The van der Waals surface area contributed by atoms with Crippen LogP contribution in [0.5, 0.6) is 11.5 Å². The molecule has 4 rings (SSSR count). The van der Waals surface area contributed by atoms with Gasteiger partial charge in [0.1, 0.15) is 5.82 Å². The first-order chi connectivity index (χ1) is 16.8. The van der Waals surface area contributed by atoms with Gasteiger partial charge in [0.05, 0.1) is 29.1 Å². The molecule has 6 nitrogen and oxygen atoms in total. The maximum Gasteiger partial charge on any atom is 0.345 e. The van der Waals surface area contributed by atoms with Gasteiger partial charge in [-0.25, -0.2) is 9.18 Å². The second kappa shape index (κ2) is 10.5. The van der Waals surface area contributed by atoms with Crippen LogP contribution in [0.25, 0.3) is 6.08 Å². The number of rotatable bonds is 6. The molecule has 0 unspecified atom stereocenters. The number of amides is 2. The van der Waals surface area contributed by atoms with Crippen molar-refractivity contribution >= 4 is 58.2 Å². The van der Waals surface area contributed by atoms with Crippen LogP contribution in [-0.4, -0.2) is 29.1 Å². The summed E-state index contributed by atoms with van der Waals surface area (Å²) in [6.07, 6.45) is 1.45. The molecule has 1 heterocycles. The minimum atomic E-state index is -0.754. The Kier molecular flexibility index (Phi) is 7.45. The van der Waals surface area contributed by atoms with Gasteiger partial charge in [-0.15, -0.1) is 0 Å². The summed E-state index contributed by atoms with van der Waals surface area (Å²) >= 11 is 12.8. The zero-order chi connectivity index (χ0) is 25.1. The van der Waals surface area contributed by atoms with E-state index in [1.807, 2.05) is 0 Å². The highest BCUT2D eigenvalue weighted by atomic mass is 35.5. The van der Waals surface area contributed by atoms with Gasteiger partial charge in [0.25, 0.3) is 11.1 Å². The largest absolute Gasteiger partial charge is 0.493 e. The van der Waals surface area contributed by atoms with Gasteiger partial charge in [0.2, 0.25) is 0 Å². The first-order valence-electron chi connectivity index (χ1n) is 10.1. The molecular formula is C25H16Cl2FNO5S. The molecule has 10 heteroatoms. The molecule has 1 saturated heterocycles. The summed E-state index contributed by atoms with van der Waals surface area (Å²) in [7, 11) is 1.41. The molecule has 0 spiro atoms. The number of ether oxygens (including phenoxy) is 2. The Morgan fingerprint density at radius 1 is 1.09 bits per heavy atom. The molecule has 3 aromatic rings. The maximum atomic E-state index is 13.2. The Morgan fingerprint density at radius 2 is 1.83 bits per heavy atom. The molecule has 178 valence electrons. The Balaban J connectivity index is 1.63. The number of halogens is 3. The lowest BCUT2D eigenvalue weighted by Gasteiger charge is -2.13. The zero-order valence-corrected chi connectivity index (χ0v) is 20.4. The van der Waals surface area contributed by atoms with E-state index < -0.39 is 22.9 Å². The van der Waals surface area contributed by atoms with E-state index in [4.69, 9.17) is 32.7 Å². The maximum absolute atomic E-state index is 13.2. The summed E-state index contributed by atoms with van der Waals surface area (Å²) in [5.74, 6) is -1.40. The van der Waals surface area contributed by atoms with Gasteiger partial charge in [-0.2, -0.15) is 0 Å². The van der Waals surface area contributed by atoms with Crippen molar-refractivity contribution in [1.29, 1.82) is 0 Å². The summed E-state index contributed by atoms with van der Waals surface area (Å²) in [5, 5.41) is 0.00159. The number of para-hydroxylation sites is 1. The lowest BCUT2D eigenvalue weighted by molar-refractivity contribution is -0.123. The molecule has 1 aliphatic rings. The third-order valence-corrected chi connectivity index (χ3v) is 6.44. The van der Waals surface area contributed by atoms with Crippen molar-refractivity contribution in [3.63, 3.8) is 0 Å². The van der Waals surface area contributed by atoms with Crippen LogP contribution in [0, 0.1) is 5.82 Å². The summed E-state index contributed by atoms with van der Waals surface area (Å²) in [6, 6.07) is 14.7. The van der Waals surface area contributed by atoms with Crippen molar-refractivity contribution in [2.45, 2.75) is 6.54 Å². The van der Waals surface area contributed by atoms with Gasteiger partial charge in [0.15, 0.2) is 11.5 Å². The van der Waals surface area contributed by atoms with E-state index in [0.29, 0.717) is 16.1 Å². The van der Waals surface area contributed by atoms with Gasteiger partial charge in [-0.1, -0.05) is 47.5 Å². The second-order valence-electron chi connectivity index (χ2n) is 7.29. The minimum absolute atomic E-state index is 0.00267. The van der Waals surface area contributed by atoms with Crippen LogP contribution in [0.3, 0.4) is 0 Å². The predicted octanol–water partition coefficient (Wildman–Crippen LogP) is 6.60. The molecule has 1 fully saturated rings. The molecule has 0 atom stereocenters. The van der Waals surface area contributed by atoms with E-state index in [-0.39, 0.29) is 33.5 Å². The van der Waals surface area contributed by atoms with E-state index in [0.717, 1.165) is 16.7 Å². The van der Waals surface area contributed by atoms with Crippen LogP contribution in [0.1, 0.15) is 21.5 Å². The Morgan fingerprint density at radius 3 is 2.51 bits per heavy atom. The number of imide groups is 1. The van der Waals surface area contributed by atoms with Crippen molar-refractivity contribution in [2.75, 3.05) is 7.11 Å². The summed E-state index contributed by atoms with van der Waals surface area (Å²) in [6.45, 7) is -0.00267. The number of thioether (sulfide) groups is 1. The van der Waals surface area contributed by atoms with E-state index >= 15 is 0 Å². The van der Waals surface area contributed by atoms with Gasteiger partial charge in [-0.05, 0) is 59.8 Å². The normalized spacial score (nSPS) is 14.5. The fraction of sp³-hybridized carbons (Fsp3) is 0.0800. The number of hydrogen-bond donors (Lipinski definition) is 0. The summed E-state index contributed by atoms with van der Waals surface area (Å²) < 4.78 is 24.1. The number of carbonyl (C=O) groups excluding carboxylic acids is 3. The van der Waals surface area contributed by atoms with E-state index in [1.165, 1.54) is 55.7 Å². The van der Waals surface area contributed by atoms with Crippen LogP contribution < -0.4 is 9.47 Å². The SMILES string of the molecule is COc1cccc(/C=C2\SC(=O)N(Cc3ccc(F)cc3)C2=O)c1OC(=O)c1ccc(Cl)cc1Cl. The van der Waals surface area contributed by atoms with Crippen LogP contribution in [0.4, 0.5) is 9.18 Å². The quantitative estimate of drug-likeness (QED) is 0.203. The number of nitrogens with zero attached hydrogens (tertiary/aromatic N) is 1. The predicted molar refractivity (Wildman–Crippen MR) is 132 cm³/mol. The van der Waals surface area contributed by atoms with Crippen LogP contribution in [0.2, 0.25) is 10.0 Å². The molecule has 3 aromatic carbocycles. The highest BCUT2D eigenvalue weighted by molar-refractivity contribution is 8.18. The molecule has 0 aromatic heterocycles. The second-order valence-corrected chi connectivity index (χ2v) is 9.12. The van der Waals surface area contributed by atoms with Crippen LogP contribution in [0.15, 0.2) is 65.6 Å². The van der Waals surface area contributed by atoms with Crippen molar-refractivity contribution in [2.24, 2.45) is 0 Å². The van der Waals surface area contributed by atoms with Crippen LogP contribution in [-0.2, 0) is 11.3 Å². The third-order valence-electron chi connectivity index (χ3n) is 4.99. The molecule has 1 aliphatic heterocycles. The number of esters is 1. The van der Waals surface area contributed by atoms with Crippen LogP contribution >= 0.6 is 35.0 Å². The number of carbonyl (C=O) groups is 3. The topological polar surface area (TPSA) is 72.9 Å². The average Bonchev–Trinajstić information content (AvgIpc) is 3.08. The fourth-order valence-electron chi connectivity index (χ4n) is 3.27. The number of benzene rings is 3. The van der Waals surface area contributed by atoms with Gasteiger partial charge in [0, 0.05) is 10.6 Å². The molecule has 2 amide bonds. The van der Waals surface area contributed by atoms with Crippen molar-refractivity contribution < 1.29 is 28.2 Å². The van der Waals surface area contributed by atoms with Gasteiger partial charge >= 0.3 is 5.97 Å². The standard InChI is InChI=1S/C25H16Cl2FNO5S/c1-33-20-4-2-3-15(22(20)34-24(31)18-10-7-16(26)12-19(18)27)11-21-23(30)29(25(32)35-21)13-14-5-8-17(28)9-6-14/h2-12H,13H2,1H3/b21-11-.